The van der Waals surface area contributed by atoms with Crippen molar-refractivity contribution >= 4 is 11.6 Å². The number of likely N-dealkylation sites (tertiary alicyclic amines) is 1. The van der Waals surface area contributed by atoms with E-state index in [0.29, 0.717) is 24.2 Å². The fourth-order valence-corrected chi connectivity index (χ4v) is 4.07. The molecule has 2 atom stereocenters. The third-order valence-electron chi connectivity index (χ3n) is 5.54. The molecule has 1 aliphatic heterocycles. The van der Waals surface area contributed by atoms with Gasteiger partial charge in [0, 0.05) is 30.5 Å². The zero-order chi connectivity index (χ0) is 22.2. The van der Waals surface area contributed by atoms with E-state index in [2.05, 4.69) is 20.4 Å². The molecule has 4 rings (SSSR count). The van der Waals surface area contributed by atoms with E-state index in [9.17, 15) is 9.18 Å². The van der Waals surface area contributed by atoms with Crippen LogP contribution in [0.15, 0.2) is 36.9 Å². The number of methoxy groups -OCH3 is 1. The van der Waals surface area contributed by atoms with Gasteiger partial charge in [0.15, 0.2) is 11.9 Å². The highest BCUT2D eigenvalue weighted by molar-refractivity contribution is 6.00. The molecule has 0 unspecified atom stereocenters. The number of fused-ring (bicyclic) bond motifs is 1. The summed E-state index contributed by atoms with van der Waals surface area (Å²) in [4.78, 5) is 22.6. The fourth-order valence-electron chi connectivity index (χ4n) is 4.07. The number of hydrogen-bond acceptors (Lipinski definition) is 6. The van der Waals surface area contributed by atoms with Crippen molar-refractivity contribution in [2.45, 2.75) is 44.6 Å². The molecule has 1 amide bonds. The molecular weight excluding hydrogens is 406 g/mol. The first-order valence-corrected chi connectivity index (χ1v) is 10.0. The van der Waals surface area contributed by atoms with E-state index < -0.39 is 29.6 Å². The van der Waals surface area contributed by atoms with E-state index in [-0.39, 0.29) is 11.4 Å². The van der Waals surface area contributed by atoms with Gasteiger partial charge in [-0.1, -0.05) is 0 Å². The summed E-state index contributed by atoms with van der Waals surface area (Å²) in [6.45, 7) is 3.69. The SMILES string of the molecule is COc1ncc(F)cc1[C@H]1CCCN1[C@H](F)C(C)(C)NC(=O)c1cnn2cccnc12. The van der Waals surface area contributed by atoms with E-state index in [1.165, 1.54) is 23.9 Å². The van der Waals surface area contributed by atoms with Gasteiger partial charge >= 0.3 is 0 Å². The Morgan fingerprint density at radius 3 is 2.94 bits per heavy atom. The summed E-state index contributed by atoms with van der Waals surface area (Å²) >= 11 is 0. The second-order valence-electron chi connectivity index (χ2n) is 8.11. The van der Waals surface area contributed by atoms with Gasteiger partial charge in [-0.3, -0.25) is 9.69 Å². The Bertz CT molecular complexity index is 1100. The predicted octanol–water partition coefficient (Wildman–Crippen LogP) is 2.91. The van der Waals surface area contributed by atoms with Crippen molar-refractivity contribution in [1.82, 2.24) is 29.8 Å². The molecule has 1 aliphatic rings. The Hall–Kier alpha value is -3.14. The van der Waals surface area contributed by atoms with Crippen LogP contribution in [0, 0.1) is 5.82 Å². The first-order chi connectivity index (χ1) is 14.8. The molecular formula is C21H24F2N6O2. The quantitative estimate of drug-likeness (QED) is 0.606. The highest BCUT2D eigenvalue weighted by Crippen LogP contribution is 2.39. The van der Waals surface area contributed by atoms with Crippen molar-refractivity contribution in [3.8, 4) is 5.88 Å². The molecule has 164 valence electrons. The number of amides is 1. The lowest BCUT2D eigenvalue weighted by Crippen LogP contribution is -2.56. The Balaban J connectivity index is 1.56. The van der Waals surface area contributed by atoms with Crippen molar-refractivity contribution in [3.63, 3.8) is 0 Å². The van der Waals surface area contributed by atoms with Gasteiger partial charge in [-0.25, -0.2) is 23.3 Å². The highest BCUT2D eigenvalue weighted by Gasteiger charge is 2.42. The van der Waals surface area contributed by atoms with Crippen LogP contribution in [0.5, 0.6) is 5.88 Å². The average molecular weight is 430 g/mol. The van der Waals surface area contributed by atoms with Crippen LogP contribution < -0.4 is 10.1 Å². The Morgan fingerprint density at radius 2 is 2.16 bits per heavy atom. The maximum Gasteiger partial charge on any atom is 0.257 e. The van der Waals surface area contributed by atoms with E-state index in [0.717, 1.165) is 12.6 Å². The number of rotatable bonds is 6. The lowest BCUT2D eigenvalue weighted by atomic mass is 9.99. The number of halogens is 2. The minimum absolute atomic E-state index is 0.259. The van der Waals surface area contributed by atoms with Gasteiger partial charge in [-0.2, -0.15) is 5.10 Å². The van der Waals surface area contributed by atoms with Crippen LogP contribution in [0.3, 0.4) is 0 Å². The molecule has 4 heterocycles. The van der Waals surface area contributed by atoms with Crippen LogP contribution in [0.25, 0.3) is 5.65 Å². The number of pyridine rings is 1. The molecule has 1 fully saturated rings. The minimum Gasteiger partial charge on any atom is -0.481 e. The first-order valence-electron chi connectivity index (χ1n) is 10.0. The van der Waals surface area contributed by atoms with Crippen LogP contribution in [0.2, 0.25) is 0 Å². The fraction of sp³-hybridized carbons (Fsp3) is 0.429. The van der Waals surface area contributed by atoms with Gasteiger partial charge in [-0.15, -0.1) is 0 Å². The molecule has 3 aromatic rings. The summed E-state index contributed by atoms with van der Waals surface area (Å²) in [5, 5.41) is 6.87. The molecule has 0 radical (unpaired) electrons. The van der Waals surface area contributed by atoms with Crippen molar-refractivity contribution < 1.29 is 18.3 Å². The van der Waals surface area contributed by atoms with Gasteiger partial charge in [0.05, 0.1) is 25.0 Å². The standard InChI is InChI=1S/C21H24F2N6O2/c1-21(2,27-18(30)15-12-26-29-9-5-7-24-17(15)29)20(23)28-8-4-6-16(28)14-10-13(22)11-25-19(14)31-3/h5,7,9-12,16,20H,4,6,8H2,1-3H3,(H,27,30)/t16-,20+/m1/s1. The van der Waals surface area contributed by atoms with Gasteiger partial charge in [-0.05, 0) is 38.8 Å². The molecule has 1 N–H and O–H groups in total. The van der Waals surface area contributed by atoms with Crippen molar-refractivity contribution in [2.75, 3.05) is 13.7 Å². The van der Waals surface area contributed by atoms with Gasteiger partial charge in [0.1, 0.15) is 11.4 Å². The van der Waals surface area contributed by atoms with Crippen molar-refractivity contribution in [3.05, 3.63) is 53.9 Å². The van der Waals surface area contributed by atoms with Gasteiger partial charge in [0.25, 0.3) is 5.91 Å². The number of alkyl halides is 1. The Labute approximate surface area is 178 Å². The molecule has 31 heavy (non-hydrogen) atoms. The molecule has 0 bridgehead atoms. The molecule has 0 spiro atoms. The predicted molar refractivity (Wildman–Crippen MR) is 109 cm³/mol. The normalized spacial score (nSPS) is 18.3. The number of aromatic nitrogens is 4. The Kier molecular flexibility index (Phi) is 5.57. The second kappa shape index (κ2) is 8.18. The van der Waals surface area contributed by atoms with Crippen LogP contribution in [-0.2, 0) is 0 Å². The monoisotopic (exact) mass is 430 g/mol. The number of ether oxygens (including phenoxy) is 1. The van der Waals surface area contributed by atoms with E-state index in [4.69, 9.17) is 4.74 Å². The van der Waals surface area contributed by atoms with Crippen LogP contribution in [0.4, 0.5) is 8.78 Å². The molecule has 3 aromatic heterocycles. The Morgan fingerprint density at radius 1 is 1.35 bits per heavy atom. The van der Waals surface area contributed by atoms with Crippen molar-refractivity contribution in [2.24, 2.45) is 0 Å². The lowest BCUT2D eigenvalue weighted by Gasteiger charge is -2.38. The second-order valence-corrected chi connectivity index (χ2v) is 8.11. The van der Waals surface area contributed by atoms with Gasteiger partial charge in [0.2, 0.25) is 5.88 Å². The number of carbonyl (C=O) groups excluding carboxylic acids is 1. The summed E-state index contributed by atoms with van der Waals surface area (Å²) in [6.07, 6.45) is 5.54. The first kappa shape index (κ1) is 21.1. The zero-order valence-corrected chi connectivity index (χ0v) is 17.5. The maximum atomic E-state index is 15.8. The average Bonchev–Trinajstić information content (AvgIpc) is 3.40. The van der Waals surface area contributed by atoms with Gasteiger partial charge < -0.3 is 10.1 Å². The summed E-state index contributed by atoms with van der Waals surface area (Å²) < 4.78 is 36.4. The summed E-state index contributed by atoms with van der Waals surface area (Å²) in [6, 6.07) is 2.62. The number of carbonyl (C=O) groups is 1. The lowest BCUT2D eigenvalue weighted by molar-refractivity contribution is 0.00325. The van der Waals surface area contributed by atoms with Crippen LogP contribution >= 0.6 is 0 Å². The minimum atomic E-state index is -1.54. The third kappa shape index (κ3) is 3.95. The van der Waals surface area contributed by atoms with E-state index >= 15 is 4.39 Å². The van der Waals surface area contributed by atoms with E-state index in [1.807, 2.05) is 0 Å². The third-order valence-corrected chi connectivity index (χ3v) is 5.54. The summed E-state index contributed by atoms with van der Waals surface area (Å²) in [5.41, 5.74) is -0.0938. The molecule has 10 heteroatoms. The number of nitrogens with zero attached hydrogens (tertiary/aromatic N) is 5. The number of nitrogens with one attached hydrogen (secondary N) is 1. The zero-order valence-electron chi connectivity index (χ0n) is 17.5. The van der Waals surface area contributed by atoms with E-state index in [1.54, 1.807) is 37.2 Å². The molecule has 8 nitrogen and oxygen atoms in total. The van der Waals surface area contributed by atoms with Crippen LogP contribution in [-0.4, -0.2) is 55.9 Å². The maximum absolute atomic E-state index is 15.8. The molecule has 0 aromatic carbocycles. The summed E-state index contributed by atoms with van der Waals surface area (Å²) in [7, 11) is 1.45. The topological polar surface area (TPSA) is 84.6 Å². The highest BCUT2D eigenvalue weighted by atomic mass is 19.1. The summed E-state index contributed by atoms with van der Waals surface area (Å²) in [5.74, 6) is -0.710. The van der Waals surface area contributed by atoms with Crippen molar-refractivity contribution in [1.29, 1.82) is 0 Å². The molecule has 1 saturated heterocycles. The molecule has 0 aliphatic carbocycles. The smallest absolute Gasteiger partial charge is 0.257 e. The molecule has 0 saturated carbocycles. The van der Waals surface area contributed by atoms with Crippen LogP contribution in [0.1, 0.15) is 48.7 Å². The number of hydrogen-bond donors (Lipinski definition) is 1. The largest absolute Gasteiger partial charge is 0.481 e.